The quantitative estimate of drug-likeness (QED) is 0.215. The molecule has 2 heteroatoms. The van der Waals surface area contributed by atoms with E-state index in [4.69, 9.17) is 0 Å². The van der Waals surface area contributed by atoms with Crippen LogP contribution in [0.3, 0.4) is 0 Å². The van der Waals surface area contributed by atoms with E-state index in [9.17, 15) is 0 Å². The number of hydrogen-bond acceptors (Lipinski definition) is 2. The monoisotopic (exact) mass is 933 g/mol. The molecule has 12 aliphatic carbocycles. The second-order valence-corrected chi connectivity index (χ2v) is 30.3. The van der Waals surface area contributed by atoms with E-state index in [1.807, 2.05) is 0 Å². The highest BCUT2D eigenvalue weighted by atomic mass is 15.2. The third kappa shape index (κ3) is 9.40. The van der Waals surface area contributed by atoms with E-state index < -0.39 is 0 Å². The van der Waals surface area contributed by atoms with Gasteiger partial charge in [0.1, 0.15) is 0 Å². The smallest absolute Gasteiger partial charge is 0.0107 e. The molecule has 0 bridgehead atoms. The molecule has 12 saturated carbocycles. The van der Waals surface area contributed by atoms with E-state index in [0.29, 0.717) is 10.8 Å². The summed E-state index contributed by atoms with van der Waals surface area (Å²) in [5, 5.41) is 0. The summed E-state index contributed by atoms with van der Waals surface area (Å²) in [6, 6.07) is 5.25. The van der Waals surface area contributed by atoms with Gasteiger partial charge in [-0.15, -0.1) is 0 Å². The zero-order valence-electron chi connectivity index (χ0n) is 45.7. The lowest BCUT2D eigenvalue weighted by atomic mass is 9.55. The van der Waals surface area contributed by atoms with Crippen LogP contribution >= 0.6 is 0 Å². The van der Waals surface area contributed by atoms with Crippen LogP contribution in [0.1, 0.15) is 285 Å². The Hall–Kier alpha value is -0.0800. The van der Waals surface area contributed by atoms with Gasteiger partial charge in [0.25, 0.3) is 0 Å². The molecule has 0 aromatic heterocycles. The maximum absolute atomic E-state index is 3.52. The van der Waals surface area contributed by atoms with E-state index in [1.165, 1.54) is 128 Å². The van der Waals surface area contributed by atoms with E-state index in [1.54, 1.807) is 128 Å². The van der Waals surface area contributed by atoms with Crippen molar-refractivity contribution >= 4 is 0 Å². The second kappa shape index (κ2) is 20.9. The fourth-order valence-corrected chi connectivity index (χ4v) is 23.7. The molecule has 12 aliphatic rings. The predicted octanol–water partition coefficient (Wildman–Crippen LogP) is 18.2. The molecule has 68 heavy (non-hydrogen) atoms. The van der Waals surface area contributed by atoms with Gasteiger partial charge in [0.2, 0.25) is 0 Å². The first-order chi connectivity index (χ1) is 33.2. The lowest BCUT2D eigenvalue weighted by Crippen LogP contribution is -2.58. The summed E-state index contributed by atoms with van der Waals surface area (Å²) >= 11 is 0. The van der Waals surface area contributed by atoms with Crippen LogP contribution < -0.4 is 0 Å². The Balaban J connectivity index is 0.838. The minimum absolute atomic E-state index is 0.486. The summed E-state index contributed by atoms with van der Waals surface area (Å²) in [4.78, 5) is 7.05. The third-order valence-corrected chi connectivity index (χ3v) is 26.8. The van der Waals surface area contributed by atoms with E-state index >= 15 is 0 Å². The van der Waals surface area contributed by atoms with Gasteiger partial charge in [-0.3, -0.25) is 9.80 Å². The molecule has 0 N–H and O–H groups in total. The molecule has 12 unspecified atom stereocenters. The van der Waals surface area contributed by atoms with Gasteiger partial charge in [0.15, 0.2) is 0 Å². The van der Waals surface area contributed by atoms with Crippen LogP contribution in [0.15, 0.2) is 0 Å². The fourth-order valence-electron chi connectivity index (χ4n) is 23.7. The van der Waals surface area contributed by atoms with Gasteiger partial charge in [-0.2, -0.15) is 0 Å². The number of hydrogen-bond donors (Lipinski definition) is 0. The van der Waals surface area contributed by atoms with Crippen molar-refractivity contribution in [2.24, 2.45) is 93.7 Å². The Labute approximate surface area is 422 Å². The molecular weight excluding hydrogens is 821 g/mol. The Bertz CT molecular complexity index is 1380. The Morgan fingerprint density at radius 2 is 0.441 bits per heavy atom. The Morgan fingerprint density at radius 3 is 0.676 bits per heavy atom. The molecule has 0 aromatic carbocycles. The van der Waals surface area contributed by atoms with Crippen LogP contribution in [0.4, 0.5) is 0 Å². The van der Waals surface area contributed by atoms with Crippen molar-refractivity contribution < 1.29 is 0 Å². The molecule has 12 rings (SSSR count). The minimum Gasteiger partial charge on any atom is -0.294 e. The van der Waals surface area contributed by atoms with E-state index in [-0.39, 0.29) is 0 Å². The second-order valence-electron chi connectivity index (χ2n) is 30.3. The summed E-state index contributed by atoms with van der Waals surface area (Å²) < 4.78 is 0. The summed E-state index contributed by atoms with van der Waals surface area (Å²) in [6.45, 7) is 11.7. The standard InChI is InChI=1S/C66H112N2/c1-65(2)59-41-57(67(53-33-17-29-49(37-53)45-21-9-5-10-22-45)54-34-18-30-50(38-54)46-23-11-6-12-24-46)43-61-63(59)64-60(65)42-58(44-62(64)66(61,3)4)68(55-35-19-31-51(39-55)47-25-13-7-14-26-47)56-36-20-32-52(40-56)48-27-15-8-16-28-48/h45-64H,5-44H2,1-4H3. The first-order valence-corrected chi connectivity index (χ1v) is 32.8. The van der Waals surface area contributed by atoms with Gasteiger partial charge in [-0.25, -0.2) is 0 Å². The van der Waals surface area contributed by atoms with Crippen molar-refractivity contribution in [2.75, 3.05) is 0 Å². The lowest BCUT2D eigenvalue weighted by Gasteiger charge is -2.57. The van der Waals surface area contributed by atoms with Crippen LogP contribution in [0.5, 0.6) is 0 Å². The third-order valence-electron chi connectivity index (χ3n) is 26.8. The van der Waals surface area contributed by atoms with Crippen LogP contribution in [0.25, 0.3) is 0 Å². The fraction of sp³-hybridized carbons (Fsp3) is 1.00. The van der Waals surface area contributed by atoms with Crippen LogP contribution in [0.2, 0.25) is 0 Å². The maximum atomic E-state index is 3.52. The molecule has 12 atom stereocenters. The van der Waals surface area contributed by atoms with Crippen molar-refractivity contribution in [1.29, 1.82) is 0 Å². The highest BCUT2D eigenvalue weighted by molar-refractivity contribution is 5.20. The summed E-state index contributed by atoms with van der Waals surface area (Å²) in [7, 11) is 0. The normalized spacial score (nSPS) is 46.5. The van der Waals surface area contributed by atoms with E-state index in [2.05, 4.69) is 37.5 Å². The first-order valence-electron chi connectivity index (χ1n) is 32.8. The Morgan fingerprint density at radius 1 is 0.221 bits per heavy atom. The van der Waals surface area contributed by atoms with Crippen molar-refractivity contribution in [3.8, 4) is 0 Å². The first kappa shape index (κ1) is 48.8. The zero-order valence-corrected chi connectivity index (χ0v) is 45.7. The maximum Gasteiger partial charge on any atom is 0.0107 e. The molecule has 0 aliphatic heterocycles. The Kier molecular flexibility index (Phi) is 15.0. The molecule has 0 heterocycles. The van der Waals surface area contributed by atoms with Gasteiger partial charge < -0.3 is 0 Å². The summed E-state index contributed by atoms with van der Waals surface area (Å²) in [5.74, 6) is 14.2. The average molecular weight is 934 g/mol. The lowest BCUT2D eigenvalue weighted by molar-refractivity contribution is -0.0793. The van der Waals surface area contributed by atoms with Crippen LogP contribution in [0, 0.1) is 93.7 Å². The zero-order chi connectivity index (χ0) is 46.0. The van der Waals surface area contributed by atoms with Crippen molar-refractivity contribution in [2.45, 2.75) is 321 Å². The minimum atomic E-state index is 0.486. The van der Waals surface area contributed by atoms with Gasteiger partial charge in [-0.1, -0.05) is 207 Å². The van der Waals surface area contributed by atoms with Crippen molar-refractivity contribution in [3.63, 3.8) is 0 Å². The molecule has 0 radical (unpaired) electrons. The van der Waals surface area contributed by atoms with E-state index in [0.717, 1.165) is 119 Å². The molecular formula is C66H112N2. The predicted molar refractivity (Wildman–Crippen MR) is 288 cm³/mol. The SMILES string of the molecule is CC1(C)C2CC(N(C3CCCC(C4CCCCC4)C3)C3CCCC(C4CCCCC4)C3)CC3C2C2C1CC(N(C1CCCC(C4CCCCC4)C1)C1CCCC(C4CCCCC4)C1)CC2C3(C)C. The highest BCUT2D eigenvalue weighted by Crippen LogP contribution is 2.75. The molecule has 386 valence electrons. The summed E-state index contributed by atoms with van der Waals surface area (Å²) in [5.41, 5.74) is 0.972. The van der Waals surface area contributed by atoms with Crippen molar-refractivity contribution in [1.82, 2.24) is 9.80 Å². The van der Waals surface area contributed by atoms with Gasteiger partial charge >= 0.3 is 0 Å². The molecule has 0 spiro atoms. The van der Waals surface area contributed by atoms with Gasteiger partial charge in [0.05, 0.1) is 0 Å². The van der Waals surface area contributed by atoms with Crippen LogP contribution in [-0.4, -0.2) is 46.1 Å². The van der Waals surface area contributed by atoms with Crippen LogP contribution in [-0.2, 0) is 0 Å². The highest BCUT2D eigenvalue weighted by Gasteiger charge is 2.71. The summed E-state index contributed by atoms with van der Waals surface area (Å²) in [6.07, 6.45) is 62.0. The molecule has 0 aromatic rings. The van der Waals surface area contributed by atoms with Crippen molar-refractivity contribution in [3.05, 3.63) is 0 Å². The number of rotatable bonds is 10. The molecule has 12 fully saturated rings. The van der Waals surface area contributed by atoms with Gasteiger partial charge in [-0.05, 0) is 171 Å². The largest absolute Gasteiger partial charge is 0.294 e. The molecule has 0 amide bonds. The average Bonchev–Trinajstić information content (AvgIpc) is 3.76. The topological polar surface area (TPSA) is 6.48 Å². The van der Waals surface area contributed by atoms with Gasteiger partial charge in [0, 0.05) is 36.3 Å². The molecule has 2 nitrogen and oxygen atoms in total. The molecule has 0 saturated heterocycles. The number of nitrogens with zero attached hydrogens (tertiary/aromatic N) is 2.